The van der Waals surface area contributed by atoms with Gasteiger partial charge in [0.25, 0.3) is 0 Å². The molecule has 2 rings (SSSR count). The highest BCUT2D eigenvalue weighted by Crippen LogP contribution is 2.13. The van der Waals surface area contributed by atoms with Crippen molar-refractivity contribution in [2.24, 2.45) is 4.99 Å². The molecule has 1 heterocycles. The number of hydrogen-bond donors (Lipinski definition) is 2. The zero-order valence-electron chi connectivity index (χ0n) is 16.6. The Morgan fingerprint density at radius 1 is 1.04 bits per heavy atom. The van der Waals surface area contributed by atoms with E-state index in [2.05, 4.69) is 63.5 Å². The first-order valence-electron chi connectivity index (χ1n) is 9.72. The van der Waals surface area contributed by atoms with Gasteiger partial charge in [-0.15, -0.1) is 24.0 Å². The lowest BCUT2D eigenvalue weighted by Gasteiger charge is -2.19. The van der Waals surface area contributed by atoms with Crippen LogP contribution in [0.1, 0.15) is 37.8 Å². The SMILES string of the molecule is CCN(CC)CCNC(=NC)NCc1ccc(CN2CCCC2)cc1.I. The van der Waals surface area contributed by atoms with Crippen molar-refractivity contribution in [2.45, 2.75) is 39.8 Å². The van der Waals surface area contributed by atoms with Crippen LogP contribution in [0, 0.1) is 0 Å². The third-order valence-corrected chi connectivity index (χ3v) is 4.93. The van der Waals surface area contributed by atoms with Crippen molar-refractivity contribution in [3.05, 3.63) is 35.4 Å². The minimum atomic E-state index is 0. The molecule has 1 fully saturated rings. The lowest BCUT2D eigenvalue weighted by Crippen LogP contribution is -2.41. The summed E-state index contributed by atoms with van der Waals surface area (Å²) in [5.74, 6) is 0.869. The van der Waals surface area contributed by atoms with Crippen LogP contribution in [0.15, 0.2) is 29.3 Å². The molecule has 0 spiro atoms. The summed E-state index contributed by atoms with van der Waals surface area (Å²) in [4.78, 5) is 9.25. The predicted molar refractivity (Wildman–Crippen MR) is 122 cm³/mol. The van der Waals surface area contributed by atoms with Crippen LogP contribution in [-0.4, -0.2) is 62.1 Å². The van der Waals surface area contributed by atoms with E-state index in [9.17, 15) is 0 Å². The first-order valence-corrected chi connectivity index (χ1v) is 9.72. The van der Waals surface area contributed by atoms with Gasteiger partial charge in [0.2, 0.25) is 0 Å². The van der Waals surface area contributed by atoms with Crippen molar-refractivity contribution in [3.63, 3.8) is 0 Å². The molecule has 0 saturated carbocycles. The number of nitrogens with one attached hydrogen (secondary N) is 2. The van der Waals surface area contributed by atoms with Gasteiger partial charge >= 0.3 is 0 Å². The van der Waals surface area contributed by atoms with Gasteiger partial charge in [-0.2, -0.15) is 0 Å². The van der Waals surface area contributed by atoms with Gasteiger partial charge < -0.3 is 15.5 Å². The van der Waals surface area contributed by atoms with Gasteiger partial charge in [0.15, 0.2) is 5.96 Å². The second-order valence-electron chi connectivity index (χ2n) is 6.68. The van der Waals surface area contributed by atoms with Gasteiger partial charge in [-0.1, -0.05) is 38.1 Å². The highest BCUT2D eigenvalue weighted by atomic mass is 127. The van der Waals surface area contributed by atoms with Crippen molar-refractivity contribution in [2.75, 3.05) is 46.3 Å². The molecule has 2 N–H and O–H groups in total. The van der Waals surface area contributed by atoms with Gasteiger partial charge in [-0.05, 0) is 50.1 Å². The predicted octanol–water partition coefficient (Wildman–Crippen LogP) is 2.91. The molecule has 0 atom stereocenters. The van der Waals surface area contributed by atoms with E-state index in [0.29, 0.717) is 0 Å². The van der Waals surface area contributed by atoms with Crippen molar-refractivity contribution in [1.29, 1.82) is 0 Å². The summed E-state index contributed by atoms with van der Waals surface area (Å²) in [7, 11) is 1.83. The molecule has 26 heavy (non-hydrogen) atoms. The van der Waals surface area contributed by atoms with E-state index in [1.807, 2.05) is 7.05 Å². The van der Waals surface area contributed by atoms with Gasteiger partial charge in [-0.25, -0.2) is 0 Å². The average molecular weight is 473 g/mol. The maximum Gasteiger partial charge on any atom is 0.191 e. The number of aliphatic imine (C=N–C) groups is 1. The Bertz CT molecular complexity index is 507. The van der Waals surface area contributed by atoms with Gasteiger partial charge in [0.1, 0.15) is 0 Å². The average Bonchev–Trinajstić information content (AvgIpc) is 3.15. The first-order chi connectivity index (χ1) is 12.2. The van der Waals surface area contributed by atoms with E-state index in [-0.39, 0.29) is 24.0 Å². The molecular weight excluding hydrogens is 437 g/mol. The summed E-state index contributed by atoms with van der Waals surface area (Å²) < 4.78 is 0. The first kappa shape index (κ1) is 23.2. The van der Waals surface area contributed by atoms with Crippen LogP contribution in [0.2, 0.25) is 0 Å². The summed E-state index contributed by atoms with van der Waals surface area (Å²) in [6.45, 7) is 12.9. The van der Waals surface area contributed by atoms with Crippen LogP contribution >= 0.6 is 24.0 Å². The number of likely N-dealkylation sites (N-methyl/N-ethyl adjacent to an activating group) is 1. The molecule has 1 aromatic rings. The van der Waals surface area contributed by atoms with E-state index in [0.717, 1.165) is 45.2 Å². The number of nitrogens with zero attached hydrogens (tertiary/aromatic N) is 3. The van der Waals surface area contributed by atoms with E-state index in [4.69, 9.17) is 0 Å². The van der Waals surface area contributed by atoms with Crippen LogP contribution in [0.3, 0.4) is 0 Å². The fourth-order valence-electron chi connectivity index (χ4n) is 3.24. The van der Waals surface area contributed by atoms with Crippen LogP contribution < -0.4 is 10.6 Å². The second kappa shape index (κ2) is 13.3. The molecule has 0 radical (unpaired) electrons. The van der Waals surface area contributed by atoms with E-state index < -0.39 is 0 Å². The summed E-state index contributed by atoms with van der Waals surface area (Å²) in [6, 6.07) is 8.96. The highest BCUT2D eigenvalue weighted by molar-refractivity contribution is 14.0. The van der Waals surface area contributed by atoms with E-state index >= 15 is 0 Å². The molecule has 0 unspecified atom stereocenters. The third kappa shape index (κ3) is 8.22. The van der Waals surface area contributed by atoms with Crippen molar-refractivity contribution < 1.29 is 0 Å². The summed E-state index contributed by atoms with van der Waals surface area (Å²) in [5, 5.41) is 6.79. The van der Waals surface area contributed by atoms with Crippen LogP contribution in [0.5, 0.6) is 0 Å². The summed E-state index contributed by atoms with van der Waals surface area (Å²) >= 11 is 0. The van der Waals surface area contributed by atoms with Crippen LogP contribution in [0.4, 0.5) is 0 Å². The van der Waals surface area contributed by atoms with Gasteiger partial charge in [0.05, 0.1) is 0 Å². The molecule has 148 valence electrons. The zero-order valence-corrected chi connectivity index (χ0v) is 19.0. The smallest absolute Gasteiger partial charge is 0.191 e. The highest BCUT2D eigenvalue weighted by Gasteiger charge is 2.11. The summed E-state index contributed by atoms with van der Waals surface area (Å²) in [5.41, 5.74) is 2.70. The molecule has 0 aliphatic carbocycles. The summed E-state index contributed by atoms with van der Waals surface area (Å²) in [6.07, 6.45) is 2.70. The van der Waals surface area contributed by atoms with E-state index in [1.165, 1.54) is 37.1 Å². The molecule has 6 heteroatoms. The fraction of sp³-hybridized carbons (Fsp3) is 0.650. The van der Waals surface area contributed by atoms with Crippen LogP contribution in [-0.2, 0) is 13.1 Å². The number of guanidine groups is 1. The molecule has 1 aliphatic heterocycles. The Hall–Kier alpha value is -0.860. The van der Waals surface area contributed by atoms with Crippen molar-refractivity contribution >= 4 is 29.9 Å². The lowest BCUT2D eigenvalue weighted by atomic mass is 10.1. The maximum absolute atomic E-state index is 4.31. The van der Waals surface area contributed by atoms with Gasteiger partial charge in [0, 0.05) is 33.2 Å². The Kier molecular flexibility index (Phi) is 11.9. The molecule has 0 amide bonds. The quantitative estimate of drug-likeness (QED) is 0.329. The standard InChI is InChI=1S/C20H35N5.HI/c1-4-24(5-2)15-12-22-20(21-3)23-16-18-8-10-19(11-9-18)17-25-13-6-7-14-25;/h8-11H,4-7,12-17H2,1-3H3,(H2,21,22,23);1H. The number of halogens is 1. The largest absolute Gasteiger partial charge is 0.355 e. The van der Waals surface area contributed by atoms with E-state index in [1.54, 1.807) is 0 Å². The molecule has 0 bridgehead atoms. The number of benzene rings is 1. The monoisotopic (exact) mass is 473 g/mol. The number of rotatable bonds is 9. The topological polar surface area (TPSA) is 42.9 Å². The Labute approximate surface area is 176 Å². The minimum absolute atomic E-state index is 0. The second-order valence-corrected chi connectivity index (χ2v) is 6.68. The molecule has 0 aromatic heterocycles. The number of likely N-dealkylation sites (tertiary alicyclic amines) is 1. The Morgan fingerprint density at radius 2 is 1.65 bits per heavy atom. The Morgan fingerprint density at radius 3 is 2.23 bits per heavy atom. The normalized spacial score (nSPS) is 15.2. The lowest BCUT2D eigenvalue weighted by molar-refractivity contribution is 0.308. The number of hydrogen-bond acceptors (Lipinski definition) is 3. The molecule has 1 aromatic carbocycles. The molecular formula is C20H36IN5. The van der Waals surface area contributed by atoms with Crippen molar-refractivity contribution in [3.8, 4) is 0 Å². The fourth-order valence-corrected chi connectivity index (χ4v) is 3.24. The molecule has 1 aliphatic rings. The minimum Gasteiger partial charge on any atom is -0.355 e. The molecule has 5 nitrogen and oxygen atoms in total. The molecule has 1 saturated heterocycles. The maximum atomic E-state index is 4.31. The Balaban J connectivity index is 0.00000338. The van der Waals surface area contributed by atoms with Crippen molar-refractivity contribution in [1.82, 2.24) is 20.4 Å². The van der Waals surface area contributed by atoms with Crippen LogP contribution in [0.25, 0.3) is 0 Å². The zero-order chi connectivity index (χ0) is 17.9. The third-order valence-electron chi connectivity index (χ3n) is 4.93. The van der Waals surface area contributed by atoms with Gasteiger partial charge in [-0.3, -0.25) is 9.89 Å².